The summed E-state index contributed by atoms with van der Waals surface area (Å²) in [7, 11) is 0. The number of tetrazole rings is 1. The number of hydrogen-bond acceptors (Lipinski definition) is 5. The summed E-state index contributed by atoms with van der Waals surface area (Å²) in [6, 6.07) is 16.7. The SMILES string of the molecule is Cc1ccc(-c2ccc(CC3(C(N)=O)CCCN(C(=O)CCn4cnnn4)C3)cc2)cc1. The third-order valence-corrected chi connectivity index (χ3v) is 6.28. The van der Waals surface area contributed by atoms with E-state index in [2.05, 4.69) is 71.0 Å². The molecular weight excluding hydrogens is 404 g/mol. The molecule has 0 spiro atoms. The smallest absolute Gasteiger partial charge is 0.225 e. The number of nitrogens with two attached hydrogens (primary N) is 1. The number of aryl methyl sites for hydroxylation is 2. The summed E-state index contributed by atoms with van der Waals surface area (Å²) in [5, 5.41) is 11.0. The first-order valence-electron chi connectivity index (χ1n) is 10.9. The number of hydrogen-bond donors (Lipinski definition) is 1. The monoisotopic (exact) mass is 432 g/mol. The molecule has 2 N–H and O–H groups in total. The highest BCUT2D eigenvalue weighted by Crippen LogP contribution is 2.34. The topological polar surface area (TPSA) is 107 Å². The molecule has 1 fully saturated rings. The standard InChI is InChI=1S/C24H28N6O2/c1-18-3-7-20(8-4-18)21-9-5-19(6-10-21)15-24(23(25)32)12-2-13-29(16-24)22(31)11-14-30-17-26-27-28-30/h3-10,17H,2,11-16H2,1H3,(H2,25,32). The van der Waals surface area contributed by atoms with Crippen LogP contribution in [-0.4, -0.2) is 50.0 Å². The predicted molar refractivity (Wildman–Crippen MR) is 120 cm³/mol. The predicted octanol–water partition coefficient (Wildman–Crippen LogP) is 2.38. The van der Waals surface area contributed by atoms with Crippen LogP contribution in [0.4, 0.5) is 0 Å². The molecule has 2 aromatic carbocycles. The van der Waals surface area contributed by atoms with E-state index >= 15 is 0 Å². The zero-order chi connectivity index (χ0) is 22.6. The Balaban J connectivity index is 1.45. The van der Waals surface area contributed by atoms with E-state index in [-0.39, 0.29) is 18.2 Å². The highest BCUT2D eigenvalue weighted by molar-refractivity contribution is 5.83. The average Bonchev–Trinajstić information content (AvgIpc) is 3.32. The second-order valence-corrected chi connectivity index (χ2v) is 8.63. The Kier molecular flexibility index (Phi) is 6.30. The Labute approximate surface area is 187 Å². The van der Waals surface area contributed by atoms with E-state index in [0.717, 1.165) is 23.1 Å². The molecule has 0 radical (unpaired) electrons. The van der Waals surface area contributed by atoms with Gasteiger partial charge in [0.1, 0.15) is 6.33 Å². The minimum Gasteiger partial charge on any atom is -0.369 e. The highest BCUT2D eigenvalue weighted by atomic mass is 16.2. The molecule has 1 aromatic heterocycles. The van der Waals surface area contributed by atoms with Crippen LogP contribution in [0, 0.1) is 12.3 Å². The normalized spacial score (nSPS) is 18.5. The molecule has 1 saturated heterocycles. The molecule has 32 heavy (non-hydrogen) atoms. The molecule has 3 aromatic rings. The Morgan fingerprint density at radius 1 is 1.06 bits per heavy atom. The van der Waals surface area contributed by atoms with Crippen LogP contribution >= 0.6 is 0 Å². The van der Waals surface area contributed by atoms with Gasteiger partial charge >= 0.3 is 0 Å². The van der Waals surface area contributed by atoms with Gasteiger partial charge in [0.15, 0.2) is 0 Å². The maximum Gasteiger partial charge on any atom is 0.225 e. The van der Waals surface area contributed by atoms with Gasteiger partial charge < -0.3 is 10.6 Å². The number of piperidine rings is 1. The van der Waals surface area contributed by atoms with Crippen molar-refractivity contribution in [2.75, 3.05) is 13.1 Å². The number of benzene rings is 2. The summed E-state index contributed by atoms with van der Waals surface area (Å²) in [5.41, 5.74) is 9.69. The molecule has 8 heteroatoms. The molecule has 2 amide bonds. The van der Waals surface area contributed by atoms with Crippen LogP contribution in [0.1, 0.15) is 30.4 Å². The summed E-state index contributed by atoms with van der Waals surface area (Å²) >= 11 is 0. The summed E-state index contributed by atoms with van der Waals surface area (Å²) < 4.78 is 1.53. The van der Waals surface area contributed by atoms with Crippen LogP contribution in [-0.2, 0) is 22.6 Å². The van der Waals surface area contributed by atoms with Crippen molar-refractivity contribution in [2.45, 2.75) is 39.2 Å². The van der Waals surface area contributed by atoms with Gasteiger partial charge in [0.05, 0.1) is 12.0 Å². The molecule has 4 rings (SSSR count). The van der Waals surface area contributed by atoms with Crippen molar-refractivity contribution in [1.29, 1.82) is 0 Å². The van der Waals surface area contributed by atoms with Gasteiger partial charge in [0.2, 0.25) is 11.8 Å². The number of carbonyl (C=O) groups excluding carboxylic acids is 2. The summed E-state index contributed by atoms with van der Waals surface area (Å²) in [6.45, 7) is 3.46. The molecule has 8 nitrogen and oxygen atoms in total. The zero-order valence-electron chi connectivity index (χ0n) is 18.3. The number of primary amides is 1. The van der Waals surface area contributed by atoms with Crippen LogP contribution < -0.4 is 5.73 Å². The van der Waals surface area contributed by atoms with Gasteiger partial charge in [-0.25, -0.2) is 4.68 Å². The number of aromatic nitrogens is 4. The molecule has 0 bridgehead atoms. The van der Waals surface area contributed by atoms with Crippen molar-refractivity contribution < 1.29 is 9.59 Å². The zero-order valence-corrected chi connectivity index (χ0v) is 18.3. The molecule has 1 aliphatic rings. The lowest BCUT2D eigenvalue weighted by Crippen LogP contribution is -2.53. The van der Waals surface area contributed by atoms with Crippen LogP contribution in [0.25, 0.3) is 11.1 Å². The fourth-order valence-corrected chi connectivity index (χ4v) is 4.38. The van der Waals surface area contributed by atoms with Gasteiger partial charge in [0.25, 0.3) is 0 Å². The fourth-order valence-electron chi connectivity index (χ4n) is 4.38. The third kappa shape index (κ3) is 4.85. The van der Waals surface area contributed by atoms with E-state index in [1.54, 1.807) is 4.90 Å². The molecule has 1 atom stereocenters. The van der Waals surface area contributed by atoms with Gasteiger partial charge in [0, 0.05) is 19.5 Å². The lowest BCUT2D eigenvalue weighted by Gasteiger charge is -2.41. The van der Waals surface area contributed by atoms with Crippen LogP contribution in [0.15, 0.2) is 54.9 Å². The largest absolute Gasteiger partial charge is 0.369 e. The first-order chi connectivity index (χ1) is 15.4. The van der Waals surface area contributed by atoms with Gasteiger partial charge in [-0.2, -0.15) is 0 Å². The van der Waals surface area contributed by atoms with Crippen molar-refractivity contribution in [3.63, 3.8) is 0 Å². The maximum atomic E-state index is 12.8. The van der Waals surface area contributed by atoms with E-state index in [9.17, 15) is 9.59 Å². The quantitative estimate of drug-likeness (QED) is 0.617. The lowest BCUT2D eigenvalue weighted by atomic mass is 9.74. The van der Waals surface area contributed by atoms with Crippen LogP contribution in [0.2, 0.25) is 0 Å². The van der Waals surface area contributed by atoms with Gasteiger partial charge in [-0.15, -0.1) is 5.10 Å². The Morgan fingerprint density at radius 3 is 2.38 bits per heavy atom. The molecular formula is C24H28N6O2. The van der Waals surface area contributed by atoms with Gasteiger partial charge in [-0.05, 0) is 53.3 Å². The Hall–Kier alpha value is -3.55. The molecule has 0 aliphatic carbocycles. The molecule has 0 saturated carbocycles. The minimum atomic E-state index is -0.756. The van der Waals surface area contributed by atoms with E-state index in [1.165, 1.54) is 16.6 Å². The van der Waals surface area contributed by atoms with E-state index < -0.39 is 5.41 Å². The minimum absolute atomic E-state index is 0.0134. The van der Waals surface area contributed by atoms with Crippen molar-refractivity contribution in [3.05, 3.63) is 66.0 Å². The number of likely N-dealkylation sites (tertiary alicyclic amines) is 1. The Morgan fingerprint density at radius 2 is 1.75 bits per heavy atom. The fraction of sp³-hybridized carbons (Fsp3) is 0.375. The van der Waals surface area contributed by atoms with Crippen LogP contribution in [0.5, 0.6) is 0 Å². The summed E-state index contributed by atoms with van der Waals surface area (Å²) in [6.07, 6.45) is 3.72. The number of amides is 2. The first-order valence-corrected chi connectivity index (χ1v) is 10.9. The van der Waals surface area contributed by atoms with Crippen molar-refractivity contribution in [3.8, 4) is 11.1 Å². The van der Waals surface area contributed by atoms with Crippen molar-refractivity contribution in [2.24, 2.45) is 11.1 Å². The second-order valence-electron chi connectivity index (χ2n) is 8.63. The maximum absolute atomic E-state index is 12.8. The van der Waals surface area contributed by atoms with Crippen molar-refractivity contribution >= 4 is 11.8 Å². The molecule has 2 heterocycles. The molecule has 1 unspecified atom stereocenters. The first kappa shape index (κ1) is 21.7. The van der Waals surface area contributed by atoms with E-state index in [4.69, 9.17) is 5.73 Å². The van der Waals surface area contributed by atoms with Crippen molar-refractivity contribution in [1.82, 2.24) is 25.1 Å². The number of rotatable bonds is 7. The van der Waals surface area contributed by atoms with Crippen LogP contribution in [0.3, 0.4) is 0 Å². The molecule has 1 aliphatic heterocycles. The number of carbonyl (C=O) groups is 2. The molecule has 166 valence electrons. The Bertz CT molecular complexity index is 1060. The van der Waals surface area contributed by atoms with Gasteiger partial charge in [-0.3, -0.25) is 9.59 Å². The van der Waals surface area contributed by atoms with Gasteiger partial charge in [-0.1, -0.05) is 54.1 Å². The third-order valence-electron chi connectivity index (χ3n) is 6.28. The second kappa shape index (κ2) is 9.30. The summed E-state index contributed by atoms with van der Waals surface area (Å²) in [5.74, 6) is -0.362. The summed E-state index contributed by atoms with van der Waals surface area (Å²) in [4.78, 5) is 27.1. The lowest BCUT2D eigenvalue weighted by molar-refractivity contribution is -0.140. The average molecular weight is 433 g/mol. The van der Waals surface area contributed by atoms with E-state index in [1.807, 2.05) is 0 Å². The van der Waals surface area contributed by atoms with E-state index in [0.29, 0.717) is 32.5 Å². The number of nitrogens with zero attached hydrogens (tertiary/aromatic N) is 5. The highest BCUT2D eigenvalue weighted by Gasteiger charge is 2.42.